The lowest BCUT2D eigenvalue weighted by Crippen LogP contribution is -2.33. The number of carbonyl (C=O) groups excluding carboxylic acids is 1. The van der Waals surface area contributed by atoms with Crippen LogP contribution in [0.15, 0.2) is 59.2 Å². The summed E-state index contributed by atoms with van der Waals surface area (Å²) in [6.07, 6.45) is 1.91. The van der Waals surface area contributed by atoms with E-state index in [0.29, 0.717) is 23.6 Å². The Kier molecular flexibility index (Phi) is 5.74. The number of aromatic hydroxyl groups is 1. The van der Waals surface area contributed by atoms with E-state index >= 15 is 0 Å². The van der Waals surface area contributed by atoms with Crippen molar-refractivity contribution in [1.82, 2.24) is 4.90 Å². The smallest absolute Gasteiger partial charge is 0.303 e. The highest BCUT2D eigenvalue weighted by atomic mass is 16.5. The molecular weight excluding hydrogens is 360 g/mol. The maximum absolute atomic E-state index is 12.9. The fourth-order valence-electron chi connectivity index (χ4n) is 2.90. The van der Waals surface area contributed by atoms with E-state index in [-0.39, 0.29) is 30.3 Å². The molecule has 2 aromatic rings. The molecule has 0 saturated heterocycles. The molecule has 0 aromatic heterocycles. The summed E-state index contributed by atoms with van der Waals surface area (Å²) < 4.78 is 5.10. The van der Waals surface area contributed by atoms with Gasteiger partial charge in [0.05, 0.1) is 7.11 Å². The van der Waals surface area contributed by atoms with Crippen LogP contribution in [0.1, 0.15) is 24.0 Å². The Hall–Kier alpha value is -3.61. The number of amidine groups is 1. The molecule has 0 aliphatic carbocycles. The first kappa shape index (κ1) is 19.2. The largest absolute Gasteiger partial charge is 0.504 e. The van der Waals surface area contributed by atoms with Gasteiger partial charge in [0.1, 0.15) is 11.5 Å². The second-order valence-electron chi connectivity index (χ2n) is 6.22. The predicted octanol–water partition coefficient (Wildman–Crippen LogP) is 2.90. The molecule has 0 atom stereocenters. The zero-order valence-electron chi connectivity index (χ0n) is 15.3. The van der Waals surface area contributed by atoms with Gasteiger partial charge < -0.3 is 14.9 Å². The molecule has 1 aliphatic rings. The number of carboxylic acid groups (broad SMARTS) is 1. The van der Waals surface area contributed by atoms with Crippen molar-refractivity contribution in [2.24, 2.45) is 4.99 Å². The van der Waals surface area contributed by atoms with Gasteiger partial charge in [0.2, 0.25) is 0 Å². The van der Waals surface area contributed by atoms with E-state index in [0.717, 1.165) is 5.56 Å². The topological polar surface area (TPSA) is 99.4 Å². The first-order valence-electron chi connectivity index (χ1n) is 8.76. The van der Waals surface area contributed by atoms with Crippen LogP contribution in [0.2, 0.25) is 0 Å². The molecule has 0 radical (unpaired) electrons. The van der Waals surface area contributed by atoms with E-state index in [9.17, 15) is 14.7 Å². The molecule has 7 heteroatoms. The van der Waals surface area contributed by atoms with Gasteiger partial charge in [-0.2, -0.15) is 0 Å². The summed E-state index contributed by atoms with van der Waals surface area (Å²) in [5.41, 5.74) is 1.67. The molecule has 144 valence electrons. The van der Waals surface area contributed by atoms with E-state index < -0.39 is 5.97 Å². The Morgan fingerprint density at radius 1 is 1.21 bits per heavy atom. The summed E-state index contributed by atoms with van der Waals surface area (Å²) in [5, 5.41) is 18.6. The van der Waals surface area contributed by atoms with Gasteiger partial charge in [-0.05, 0) is 30.2 Å². The van der Waals surface area contributed by atoms with Crippen molar-refractivity contribution in [1.29, 1.82) is 0 Å². The average Bonchev–Trinajstić information content (AvgIpc) is 2.99. The van der Waals surface area contributed by atoms with Crippen molar-refractivity contribution < 1.29 is 24.5 Å². The number of amides is 1. The number of aliphatic imine (C=N–C) groups is 1. The molecule has 0 unspecified atom stereocenters. The first-order chi connectivity index (χ1) is 13.5. The molecule has 3 rings (SSSR count). The number of phenols is 1. The summed E-state index contributed by atoms with van der Waals surface area (Å²) in [6, 6.07) is 14.0. The number of carboxylic acids is 1. The Labute approximate surface area is 162 Å². The minimum absolute atomic E-state index is 0.00571. The second-order valence-corrected chi connectivity index (χ2v) is 6.22. The first-order valence-corrected chi connectivity index (χ1v) is 8.76. The van der Waals surface area contributed by atoms with E-state index in [1.54, 1.807) is 18.2 Å². The number of hydrogen-bond acceptors (Lipinski definition) is 5. The second kappa shape index (κ2) is 8.39. The van der Waals surface area contributed by atoms with Crippen molar-refractivity contribution in [2.75, 3.05) is 13.7 Å². The molecular formula is C21H20N2O5. The predicted molar refractivity (Wildman–Crippen MR) is 104 cm³/mol. The summed E-state index contributed by atoms with van der Waals surface area (Å²) in [5.74, 6) is -0.405. The molecule has 1 aliphatic heterocycles. The Balaban J connectivity index is 1.94. The molecule has 0 saturated carbocycles. The fraction of sp³-hybridized carbons (Fsp3) is 0.190. The summed E-state index contributed by atoms with van der Waals surface area (Å²) in [7, 11) is 1.45. The quantitative estimate of drug-likeness (QED) is 0.720. The maximum atomic E-state index is 12.9. The highest BCUT2D eigenvalue weighted by molar-refractivity contribution is 6.19. The lowest BCUT2D eigenvalue weighted by atomic mass is 10.1. The highest BCUT2D eigenvalue weighted by Crippen LogP contribution is 2.29. The molecule has 28 heavy (non-hydrogen) atoms. The van der Waals surface area contributed by atoms with Crippen LogP contribution in [-0.4, -0.2) is 46.5 Å². The van der Waals surface area contributed by atoms with Crippen LogP contribution < -0.4 is 4.74 Å². The lowest BCUT2D eigenvalue weighted by molar-refractivity contribution is -0.137. The van der Waals surface area contributed by atoms with Crippen LogP contribution in [0.3, 0.4) is 0 Å². The SMILES string of the molecule is COc1cc(/C=C2\N=C(c3ccccc3)N(CCCC(=O)O)C2=O)ccc1O. The van der Waals surface area contributed by atoms with Crippen molar-refractivity contribution in [3.8, 4) is 11.5 Å². The number of hydrogen-bond donors (Lipinski definition) is 2. The number of rotatable bonds is 7. The fourth-order valence-corrected chi connectivity index (χ4v) is 2.90. The molecule has 2 aromatic carbocycles. The van der Waals surface area contributed by atoms with E-state index in [1.165, 1.54) is 18.1 Å². The number of nitrogens with zero attached hydrogens (tertiary/aromatic N) is 2. The number of ether oxygens (including phenoxy) is 1. The number of benzene rings is 2. The Morgan fingerprint density at radius 3 is 2.64 bits per heavy atom. The zero-order chi connectivity index (χ0) is 20.1. The van der Waals surface area contributed by atoms with Crippen molar-refractivity contribution in [2.45, 2.75) is 12.8 Å². The molecule has 2 N–H and O–H groups in total. The monoisotopic (exact) mass is 380 g/mol. The number of aliphatic carboxylic acids is 1. The van der Waals surface area contributed by atoms with E-state index in [4.69, 9.17) is 9.84 Å². The van der Waals surface area contributed by atoms with Gasteiger partial charge in [0, 0.05) is 18.5 Å². The minimum Gasteiger partial charge on any atom is -0.504 e. The molecule has 0 fully saturated rings. The number of phenolic OH excluding ortho intramolecular Hbond substituents is 1. The van der Waals surface area contributed by atoms with E-state index in [2.05, 4.69) is 4.99 Å². The van der Waals surface area contributed by atoms with Gasteiger partial charge >= 0.3 is 5.97 Å². The average molecular weight is 380 g/mol. The molecule has 1 heterocycles. The molecule has 1 amide bonds. The molecule has 0 bridgehead atoms. The van der Waals surface area contributed by atoms with Gasteiger partial charge in [-0.15, -0.1) is 0 Å². The van der Waals surface area contributed by atoms with Crippen molar-refractivity contribution in [3.05, 3.63) is 65.4 Å². The Bertz CT molecular complexity index is 951. The normalized spacial score (nSPS) is 15.0. The van der Waals surface area contributed by atoms with Crippen LogP contribution in [-0.2, 0) is 9.59 Å². The molecule has 0 spiro atoms. The third-order valence-electron chi connectivity index (χ3n) is 4.26. The van der Waals surface area contributed by atoms with Crippen molar-refractivity contribution >= 4 is 23.8 Å². The number of carbonyl (C=O) groups is 2. The molecule has 7 nitrogen and oxygen atoms in total. The van der Waals surface area contributed by atoms with Gasteiger partial charge in [-0.25, -0.2) is 4.99 Å². The van der Waals surface area contributed by atoms with Crippen LogP contribution in [0.4, 0.5) is 0 Å². The van der Waals surface area contributed by atoms with Crippen LogP contribution in [0.5, 0.6) is 11.5 Å². The van der Waals surface area contributed by atoms with Crippen LogP contribution >= 0.6 is 0 Å². The van der Waals surface area contributed by atoms with Crippen LogP contribution in [0.25, 0.3) is 6.08 Å². The maximum Gasteiger partial charge on any atom is 0.303 e. The highest BCUT2D eigenvalue weighted by Gasteiger charge is 2.30. The summed E-state index contributed by atoms with van der Waals surface area (Å²) in [4.78, 5) is 29.7. The third kappa shape index (κ3) is 4.20. The van der Waals surface area contributed by atoms with E-state index in [1.807, 2.05) is 30.3 Å². The summed E-state index contributed by atoms with van der Waals surface area (Å²) >= 11 is 0. The van der Waals surface area contributed by atoms with Gasteiger partial charge in [-0.3, -0.25) is 14.5 Å². The third-order valence-corrected chi connectivity index (χ3v) is 4.26. The van der Waals surface area contributed by atoms with Gasteiger partial charge in [0.15, 0.2) is 11.5 Å². The minimum atomic E-state index is -0.906. The number of methoxy groups -OCH3 is 1. The standard InChI is InChI=1S/C21H20N2O5/c1-28-18-13-14(9-10-17(18)24)12-16-21(27)23(11-5-8-19(25)26)20(22-16)15-6-3-2-4-7-15/h2-4,6-7,9-10,12-13,24H,5,8,11H2,1H3,(H,25,26)/b16-12-. The Morgan fingerprint density at radius 2 is 1.96 bits per heavy atom. The van der Waals surface area contributed by atoms with Crippen molar-refractivity contribution in [3.63, 3.8) is 0 Å². The zero-order valence-corrected chi connectivity index (χ0v) is 15.3. The summed E-state index contributed by atoms with van der Waals surface area (Å²) in [6.45, 7) is 0.259. The lowest BCUT2D eigenvalue weighted by Gasteiger charge is -2.17. The van der Waals surface area contributed by atoms with Crippen LogP contribution in [0, 0.1) is 0 Å². The van der Waals surface area contributed by atoms with Gasteiger partial charge in [-0.1, -0.05) is 36.4 Å². The van der Waals surface area contributed by atoms with Gasteiger partial charge in [0.25, 0.3) is 5.91 Å².